The van der Waals surface area contributed by atoms with E-state index < -0.39 is 5.60 Å². The van der Waals surface area contributed by atoms with Crippen LogP contribution in [-0.4, -0.2) is 34.7 Å². The summed E-state index contributed by atoms with van der Waals surface area (Å²) in [6.45, 7) is 4.50. The Morgan fingerprint density at radius 2 is 2.00 bits per heavy atom. The van der Waals surface area contributed by atoms with Crippen molar-refractivity contribution < 1.29 is 9.90 Å². The standard InChI is InChI=1S/C25H28N2O2/c1-25(2,29)19-8-9-20-17(14-19)7-10-23-21(20)4-3-13-27(23)24(28)18-6-5-16-11-12-26-22(16)15-18/h5-6,8-9,12,14-15,21,23,29H,3-4,7,10-11,13H2,1-2H3/t21?,23-/m0/s1. The lowest BCUT2D eigenvalue weighted by molar-refractivity contribution is 0.0546. The smallest absolute Gasteiger partial charge is 0.254 e. The van der Waals surface area contributed by atoms with Gasteiger partial charge in [0.25, 0.3) is 5.91 Å². The number of likely N-dealkylation sites (tertiary alicyclic amines) is 1. The Hall–Kier alpha value is -2.46. The van der Waals surface area contributed by atoms with E-state index in [0.29, 0.717) is 5.92 Å². The number of piperidine rings is 1. The van der Waals surface area contributed by atoms with Gasteiger partial charge in [-0.2, -0.15) is 0 Å². The summed E-state index contributed by atoms with van der Waals surface area (Å²) >= 11 is 0. The molecular weight excluding hydrogens is 360 g/mol. The largest absolute Gasteiger partial charge is 0.386 e. The minimum absolute atomic E-state index is 0.140. The van der Waals surface area contributed by atoms with Crippen molar-refractivity contribution in [1.82, 2.24) is 4.90 Å². The molecule has 1 amide bonds. The van der Waals surface area contributed by atoms with E-state index in [2.05, 4.69) is 28.1 Å². The number of hydrogen-bond donors (Lipinski definition) is 1. The van der Waals surface area contributed by atoms with E-state index in [4.69, 9.17) is 0 Å². The molecule has 1 aliphatic carbocycles. The first-order valence-electron chi connectivity index (χ1n) is 10.7. The van der Waals surface area contributed by atoms with Gasteiger partial charge in [0, 0.05) is 36.7 Å². The zero-order chi connectivity index (χ0) is 20.2. The summed E-state index contributed by atoms with van der Waals surface area (Å²) < 4.78 is 0. The molecule has 3 aliphatic rings. The molecule has 2 atom stereocenters. The van der Waals surface area contributed by atoms with Crippen LogP contribution in [0.25, 0.3) is 0 Å². The summed E-state index contributed by atoms with van der Waals surface area (Å²) in [5.74, 6) is 0.529. The van der Waals surface area contributed by atoms with Gasteiger partial charge in [-0.15, -0.1) is 0 Å². The number of amides is 1. The number of carbonyl (C=O) groups excluding carboxylic acids is 1. The number of hydrogen-bond acceptors (Lipinski definition) is 3. The molecule has 1 saturated heterocycles. The van der Waals surface area contributed by atoms with E-state index in [0.717, 1.165) is 55.5 Å². The minimum Gasteiger partial charge on any atom is -0.386 e. The van der Waals surface area contributed by atoms with E-state index in [1.54, 1.807) is 0 Å². The summed E-state index contributed by atoms with van der Waals surface area (Å²) in [6, 6.07) is 12.6. The average molecular weight is 389 g/mol. The van der Waals surface area contributed by atoms with Gasteiger partial charge >= 0.3 is 0 Å². The third-order valence-electron chi connectivity index (χ3n) is 6.87. The molecule has 5 rings (SSSR count). The van der Waals surface area contributed by atoms with Crippen molar-refractivity contribution in [3.8, 4) is 0 Å². The maximum absolute atomic E-state index is 13.4. The minimum atomic E-state index is -0.823. The molecule has 0 radical (unpaired) electrons. The van der Waals surface area contributed by atoms with Gasteiger partial charge in [0.2, 0.25) is 0 Å². The Balaban J connectivity index is 1.43. The number of aliphatic hydroxyl groups is 1. The fourth-order valence-corrected chi connectivity index (χ4v) is 5.29. The second-order valence-corrected chi connectivity index (χ2v) is 9.19. The lowest BCUT2D eigenvalue weighted by atomic mass is 9.73. The highest BCUT2D eigenvalue weighted by Gasteiger charge is 2.39. The lowest BCUT2D eigenvalue weighted by Gasteiger charge is -2.45. The summed E-state index contributed by atoms with van der Waals surface area (Å²) in [6.07, 6.45) is 6.87. The number of carbonyl (C=O) groups is 1. The van der Waals surface area contributed by atoms with E-state index >= 15 is 0 Å². The second-order valence-electron chi connectivity index (χ2n) is 9.19. The van der Waals surface area contributed by atoms with Crippen LogP contribution < -0.4 is 0 Å². The number of aliphatic imine (C=N–C) groups is 1. The molecule has 1 N–H and O–H groups in total. The molecule has 1 unspecified atom stereocenters. The van der Waals surface area contributed by atoms with Gasteiger partial charge in [0.1, 0.15) is 0 Å². The van der Waals surface area contributed by atoms with Crippen molar-refractivity contribution in [3.05, 3.63) is 64.2 Å². The number of nitrogens with zero attached hydrogens (tertiary/aromatic N) is 2. The number of fused-ring (bicyclic) bond motifs is 4. The van der Waals surface area contributed by atoms with Crippen LogP contribution >= 0.6 is 0 Å². The van der Waals surface area contributed by atoms with Crippen LogP contribution in [-0.2, 0) is 18.4 Å². The summed E-state index contributed by atoms with van der Waals surface area (Å²) in [4.78, 5) is 19.9. The first-order valence-corrected chi connectivity index (χ1v) is 10.7. The normalized spacial score (nSPS) is 22.8. The van der Waals surface area contributed by atoms with E-state index in [1.165, 1.54) is 16.7 Å². The Morgan fingerprint density at radius 3 is 2.83 bits per heavy atom. The maximum atomic E-state index is 13.4. The van der Waals surface area contributed by atoms with Crippen molar-refractivity contribution in [1.29, 1.82) is 0 Å². The Labute approximate surface area is 172 Å². The molecule has 2 heterocycles. The molecule has 4 nitrogen and oxygen atoms in total. The molecule has 2 aromatic rings. The fraction of sp³-hybridized carbons (Fsp3) is 0.440. The van der Waals surface area contributed by atoms with Gasteiger partial charge in [0.05, 0.1) is 11.3 Å². The lowest BCUT2D eigenvalue weighted by Crippen LogP contribution is -2.49. The first-order chi connectivity index (χ1) is 13.9. The van der Waals surface area contributed by atoms with Crippen molar-refractivity contribution in [2.45, 2.75) is 63.5 Å². The Morgan fingerprint density at radius 1 is 1.14 bits per heavy atom. The quantitative estimate of drug-likeness (QED) is 0.823. The van der Waals surface area contributed by atoms with E-state index in [-0.39, 0.29) is 11.9 Å². The molecule has 150 valence electrons. The Bertz CT molecular complexity index is 1000. The molecule has 0 bridgehead atoms. The van der Waals surface area contributed by atoms with Crippen LogP contribution in [0.5, 0.6) is 0 Å². The van der Waals surface area contributed by atoms with Crippen molar-refractivity contribution in [2.75, 3.05) is 6.54 Å². The highest BCUT2D eigenvalue weighted by atomic mass is 16.3. The number of benzene rings is 2. The molecule has 2 aromatic carbocycles. The van der Waals surface area contributed by atoms with E-state index in [1.807, 2.05) is 38.3 Å². The Kier molecular flexibility index (Phi) is 4.36. The van der Waals surface area contributed by atoms with Gasteiger partial charge in [-0.3, -0.25) is 9.79 Å². The molecular formula is C25H28N2O2. The molecule has 0 spiro atoms. The highest BCUT2D eigenvalue weighted by Crippen LogP contribution is 2.42. The monoisotopic (exact) mass is 388 g/mol. The van der Waals surface area contributed by atoms with Crippen molar-refractivity contribution >= 4 is 17.8 Å². The molecule has 4 heteroatoms. The summed E-state index contributed by atoms with van der Waals surface area (Å²) in [5, 5.41) is 10.4. The van der Waals surface area contributed by atoms with Crippen LogP contribution in [0.15, 0.2) is 41.4 Å². The summed E-state index contributed by atoms with van der Waals surface area (Å²) in [5.41, 5.74) is 5.75. The third-order valence-corrected chi connectivity index (χ3v) is 6.87. The van der Waals surface area contributed by atoms with Crippen molar-refractivity contribution in [3.63, 3.8) is 0 Å². The molecule has 0 saturated carbocycles. The zero-order valence-corrected chi connectivity index (χ0v) is 17.2. The topological polar surface area (TPSA) is 52.9 Å². The zero-order valence-electron chi connectivity index (χ0n) is 17.2. The van der Waals surface area contributed by atoms with Gasteiger partial charge in [-0.05, 0) is 73.9 Å². The van der Waals surface area contributed by atoms with Crippen molar-refractivity contribution in [2.24, 2.45) is 4.99 Å². The highest BCUT2D eigenvalue weighted by molar-refractivity contribution is 5.96. The van der Waals surface area contributed by atoms with Gasteiger partial charge in [-0.25, -0.2) is 0 Å². The van der Waals surface area contributed by atoms with Crippen LogP contribution in [0, 0.1) is 0 Å². The van der Waals surface area contributed by atoms with Gasteiger partial charge in [-0.1, -0.05) is 24.3 Å². The summed E-state index contributed by atoms with van der Waals surface area (Å²) in [7, 11) is 0. The van der Waals surface area contributed by atoms with Crippen LogP contribution in [0.1, 0.15) is 71.6 Å². The van der Waals surface area contributed by atoms with Gasteiger partial charge < -0.3 is 10.0 Å². The van der Waals surface area contributed by atoms with E-state index in [9.17, 15) is 9.90 Å². The van der Waals surface area contributed by atoms with Gasteiger partial charge in [0.15, 0.2) is 0 Å². The molecule has 0 aromatic heterocycles. The van der Waals surface area contributed by atoms with Crippen LogP contribution in [0.2, 0.25) is 0 Å². The second kappa shape index (κ2) is 6.81. The predicted octanol–water partition coefficient (Wildman–Crippen LogP) is 4.51. The average Bonchev–Trinajstić information content (AvgIpc) is 3.19. The maximum Gasteiger partial charge on any atom is 0.254 e. The number of rotatable bonds is 2. The molecule has 2 aliphatic heterocycles. The van der Waals surface area contributed by atoms with Crippen LogP contribution in [0.3, 0.4) is 0 Å². The predicted molar refractivity (Wildman–Crippen MR) is 115 cm³/mol. The first kappa shape index (κ1) is 18.6. The SMILES string of the molecule is CC(C)(O)c1ccc2c(c1)CC[C@H]1C2CCCN1C(=O)c1ccc2c(c1)N=CC2. The third kappa shape index (κ3) is 3.20. The fourth-order valence-electron chi connectivity index (χ4n) is 5.29. The molecule has 1 fully saturated rings. The molecule has 29 heavy (non-hydrogen) atoms. The van der Waals surface area contributed by atoms with Crippen LogP contribution in [0.4, 0.5) is 5.69 Å². The number of aryl methyl sites for hydroxylation is 1.